The second kappa shape index (κ2) is 4.75. The van der Waals surface area contributed by atoms with Gasteiger partial charge in [0.1, 0.15) is 0 Å². The van der Waals surface area contributed by atoms with Crippen molar-refractivity contribution in [2.75, 3.05) is 0 Å². The number of carbonyl (C=O) groups is 1. The van der Waals surface area contributed by atoms with E-state index in [0.717, 1.165) is 0 Å². The number of carboxylic acid groups (broad SMARTS) is 1. The van der Waals surface area contributed by atoms with E-state index in [1.807, 2.05) is 0 Å². The quantitative estimate of drug-likeness (QED) is 0.751. The van der Waals surface area contributed by atoms with Gasteiger partial charge in [-0.05, 0) is 19.4 Å². The number of hydrogen-bond donors (Lipinski definition) is 2. The lowest BCUT2D eigenvalue weighted by Gasteiger charge is -2.07. The van der Waals surface area contributed by atoms with Crippen LogP contribution in [-0.4, -0.2) is 26.9 Å². The Bertz CT molecular complexity index is 408. The molecule has 1 rings (SSSR count). The molecule has 0 bridgehead atoms. The van der Waals surface area contributed by atoms with Crippen LogP contribution in [0.2, 0.25) is 0 Å². The van der Waals surface area contributed by atoms with Crippen LogP contribution in [0.4, 0.5) is 0 Å². The fourth-order valence-electron chi connectivity index (χ4n) is 1.16. The Morgan fingerprint density at radius 2 is 2.20 bits per heavy atom. The van der Waals surface area contributed by atoms with Crippen molar-refractivity contribution in [3.8, 4) is 0 Å². The maximum atomic E-state index is 11.3. The lowest BCUT2D eigenvalue weighted by molar-refractivity contribution is 0.0696. The summed E-state index contributed by atoms with van der Waals surface area (Å²) < 4.78 is 1.29. The van der Waals surface area contributed by atoms with Gasteiger partial charge in [0.15, 0.2) is 0 Å². The molecule has 5 heteroatoms. The highest BCUT2D eigenvalue weighted by atomic mass is 16.4. The Morgan fingerprint density at radius 1 is 1.53 bits per heavy atom. The topological polar surface area (TPSA) is 79.5 Å². The van der Waals surface area contributed by atoms with Crippen LogP contribution < -0.4 is 5.56 Å². The number of aromatic nitrogens is 1. The third-order valence-corrected chi connectivity index (χ3v) is 2.02. The summed E-state index contributed by atoms with van der Waals surface area (Å²) in [4.78, 5) is 21.9. The molecule has 0 aliphatic rings. The van der Waals surface area contributed by atoms with Crippen LogP contribution in [0.5, 0.6) is 0 Å². The van der Waals surface area contributed by atoms with Crippen LogP contribution in [-0.2, 0) is 6.54 Å². The van der Waals surface area contributed by atoms with Crippen LogP contribution in [0, 0.1) is 0 Å². The number of nitrogens with zero attached hydrogens (tertiary/aromatic N) is 1. The van der Waals surface area contributed by atoms with Crippen molar-refractivity contribution in [3.63, 3.8) is 0 Å². The van der Waals surface area contributed by atoms with Crippen LogP contribution in [0.25, 0.3) is 0 Å². The van der Waals surface area contributed by atoms with Gasteiger partial charge in [-0.2, -0.15) is 0 Å². The molecule has 0 saturated carbocycles. The van der Waals surface area contributed by atoms with Crippen molar-refractivity contribution in [2.45, 2.75) is 26.0 Å². The summed E-state index contributed by atoms with van der Waals surface area (Å²) in [7, 11) is 0. The molecular weight excluding hydrogens is 198 g/mol. The van der Waals surface area contributed by atoms with Gasteiger partial charge in [-0.25, -0.2) is 4.79 Å². The molecule has 0 aliphatic carbocycles. The van der Waals surface area contributed by atoms with Gasteiger partial charge >= 0.3 is 5.97 Å². The first-order valence-electron chi connectivity index (χ1n) is 4.62. The molecule has 0 fully saturated rings. The van der Waals surface area contributed by atoms with Gasteiger partial charge in [0.05, 0.1) is 11.7 Å². The Morgan fingerprint density at radius 3 is 2.73 bits per heavy atom. The lowest BCUT2D eigenvalue weighted by Crippen LogP contribution is -2.21. The molecule has 82 valence electrons. The number of hydrogen-bond acceptors (Lipinski definition) is 3. The zero-order chi connectivity index (χ0) is 11.4. The van der Waals surface area contributed by atoms with Crippen LogP contribution >= 0.6 is 0 Å². The second-order valence-electron chi connectivity index (χ2n) is 3.39. The molecule has 0 aliphatic heterocycles. The van der Waals surface area contributed by atoms with Gasteiger partial charge in [0, 0.05) is 18.8 Å². The van der Waals surface area contributed by atoms with E-state index in [-0.39, 0.29) is 11.1 Å². The van der Waals surface area contributed by atoms with E-state index >= 15 is 0 Å². The van der Waals surface area contributed by atoms with E-state index in [2.05, 4.69) is 0 Å². The molecule has 1 atom stereocenters. The average molecular weight is 211 g/mol. The molecule has 0 amide bonds. The van der Waals surface area contributed by atoms with E-state index in [4.69, 9.17) is 10.2 Å². The molecule has 0 radical (unpaired) electrons. The lowest BCUT2D eigenvalue weighted by atomic mass is 10.2. The second-order valence-corrected chi connectivity index (χ2v) is 3.39. The normalized spacial score (nSPS) is 12.4. The van der Waals surface area contributed by atoms with Crippen molar-refractivity contribution in [1.29, 1.82) is 0 Å². The molecule has 0 saturated heterocycles. The minimum Gasteiger partial charge on any atom is -0.478 e. The first-order chi connectivity index (χ1) is 7.00. The summed E-state index contributed by atoms with van der Waals surface area (Å²) in [5.74, 6) is -1.07. The summed E-state index contributed by atoms with van der Waals surface area (Å²) in [5.41, 5.74) is -0.194. The van der Waals surface area contributed by atoms with Gasteiger partial charge in [-0.1, -0.05) is 0 Å². The summed E-state index contributed by atoms with van der Waals surface area (Å²) in [6.45, 7) is 1.93. The van der Waals surface area contributed by atoms with Crippen molar-refractivity contribution < 1.29 is 15.0 Å². The maximum Gasteiger partial charge on any atom is 0.337 e. The van der Waals surface area contributed by atoms with E-state index < -0.39 is 12.1 Å². The number of pyridine rings is 1. The summed E-state index contributed by atoms with van der Waals surface area (Å²) >= 11 is 0. The molecule has 0 spiro atoms. The van der Waals surface area contributed by atoms with Gasteiger partial charge < -0.3 is 14.8 Å². The van der Waals surface area contributed by atoms with Crippen molar-refractivity contribution in [2.24, 2.45) is 0 Å². The van der Waals surface area contributed by atoms with E-state index in [0.29, 0.717) is 13.0 Å². The summed E-state index contributed by atoms with van der Waals surface area (Å²) in [5, 5.41) is 17.8. The minimum atomic E-state index is -1.07. The molecule has 15 heavy (non-hydrogen) atoms. The SMILES string of the molecule is CC(O)CCn1cc(C(=O)O)ccc1=O. The molecule has 5 nitrogen and oxygen atoms in total. The van der Waals surface area contributed by atoms with Crippen molar-refractivity contribution >= 4 is 5.97 Å². The first-order valence-corrected chi connectivity index (χ1v) is 4.62. The maximum absolute atomic E-state index is 11.3. The fourth-order valence-corrected chi connectivity index (χ4v) is 1.16. The first kappa shape index (κ1) is 11.5. The molecule has 1 aromatic heterocycles. The third kappa shape index (κ3) is 3.21. The number of rotatable bonds is 4. The van der Waals surface area contributed by atoms with Crippen LogP contribution in [0.3, 0.4) is 0 Å². The number of aliphatic hydroxyl groups is 1. The largest absolute Gasteiger partial charge is 0.478 e. The van der Waals surface area contributed by atoms with Crippen LogP contribution in [0.1, 0.15) is 23.7 Å². The smallest absolute Gasteiger partial charge is 0.337 e. The number of carboxylic acids is 1. The Labute approximate surface area is 86.6 Å². The molecular formula is C10H13NO4. The molecule has 1 heterocycles. The predicted octanol–water partition coefficient (Wildman–Crippen LogP) is 0.317. The highest BCUT2D eigenvalue weighted by molar-refractivity contribution is 5.87. The number of aromatic carboxylic acids is 1. The van der Waals surface area contributed by atoms with Crippen molar-refractivity contribution in [3.05, 3.63) is 34.2 Å². The zero-order valence-corrected chi connectivity index (χ0v) is 8.38. The minimum absolute atomic E-state index is 0.0696. The Balaban J connectivity index is 2.91. The fraction of sp³-hybridized carbons (Fsp3) is 0.400. The van der Waals surface area contributed by atoms with Gasteiger partial charge in [-0.15, -0.1) is 0 Å². The zero-order valence-electron chi connectivity index (χ0n) is 8.38. The Kier molecular flexibility index (Phi) is 3.62. The average Bonchev–Trinajstić information content (AvgIpc) is 2.16. The molecule has 1 unspecified atom stereocenters. The highest BCUT2D eigenvalue weighted by Gasteiger charge is 2.05. The molecule has 2 N–H and O–H groups in total. The standard InChI is InChI=1S/C10H13NO4/c1-7(12)4-5-11-6-8(10(14)15)2-3-9(11)13/h2-3,6-7,12H,4-5H2,1H3,(H,14,15). The number of aliphatic hydroxyl groups excluding tert-OH is 1. The predicted molar refractivity (Wildman–Crippen MR) is 54.0 cm³/mol. The Hall–Kier alpha value is -1.62. The van der Waals surface area contributed by atoms with E-state index in [9.17, 15) is 9.59 Å². The van der Waals surface area contributed by atoms with E-state index in [1.165, 1.54) is 22.9 Å². The molecule has 1 aromatic rings. The van der Waals surface area contributed by atoms with Crippen molar-refractivity contribution in [1.82, 2.24) is 4.57 Å². The third-order valence-electron chi connectivity index (χ3n) is 2.02. The van der Waals surface area contributed by atoms with E-state index in [1.54, 1.807) is 6.92 Å². The summed E-state index contributed by atoms with van der Waals surface area (Å²) in [6, 6.07) is 2.48. The number of aryl methyl sites for hydroxylation is 1. The van der Waals surface area contributed by atoms with Crippen LogP contribution in [0.15, 0.2) is 23.1 Å². The van der Waals surface area contributed by atoms with Gasteiger partial charge in [0.2, 0.25) is 0 Å². The molecule has 0 aromatic carbocycles. The van der Waals surface area contributed by atoms with Gasteiger partial charge in [-0.3, -0.25) is 4.79 Å². The van der Waals surface area contributed by atoms with Gasteiger partial charge in [0.25, 0.3) is 5.56 Å². The summed E-state index contributed by atoms with van der Waals surface area (Å²) in [6.07, 6.45) is 1.20. The highest BCUT2D eigenvalue weighted by Crippen LogP contribution is 1.98. The monoisotopic (exact) mass is 211 g/mol.